The number of halogens is 1. The summed E-state index contributed by atoms with van der Waals surface area (Å²) in [6, 6.07) is 14.4. The third-order valence-corrected chi connectivity index (χ3v) is 20.3. The van der Waals surface area contributed by atoms with E-state index in [9.17, 15) is 85.3 Å². The maximum absolute atomic E-state index is 15.2. The van der Waals surface area contributed by atoms with Crippen LogP contribution in [0, 0.1) is 3.57 Å². The average Bonchev–Trinajstić information content (AvgIpc) is 1.75. The van der Waals surface area contributed by atoms with Gasteiger partial charge in [0.1, 0.15) is 121 Å². The molecule has 5 saturated heterocycles. The number of aliphatic imine (C=N–C) groups is 2. The number of nitrogens with two attached hydrogens (primary N) is 2. The molecule has 0 aliphatic carbocycles. The Morgan fingerprint density at radius 2 is 1.23 bits per heavy atom. The van der Waals surface area contributed by atoms with Crippen molar-refractivity contribution in [2.24, 2.45) is 21.5 Å². The number of hydrogen-bond acceptors (Lipinski definition) is 32. The van der Waals surface area contributed by atoms with Crippen LogP contribution < -0.4 is 53.4 Å². The van der Waals surface area contributed by atoms with Gasteiger partial charge >= 0.3 is 0 Å². The fourth-order valence-electron chi connectivity index (χ4n) is 13.4. The van der Waals surface area contributed by atoms with Crippen molar-refractivity contribution >= 4 is 75.7 Å². The first kappa shape index (κ1) is 79.8. The molecule has 39 heteroatoms. The van der Waals surface area contributed by atoms with Gasteiger partial charge in [0.2, 0.25) is 41.7 Å². The van der Waals surface area contributed by atoms with Crippen molar-refractivity contribution in [1.82, 2.24) is 42.1 Å². The highest BCUT2D eigenvalue weighted by Gasteiger charge is 2.55. The van der Waals surface area contributed by atoms with Crippen LogP contribution in [0.1, 0.15) is 51.7 Å². The van der Waals surface area contributed by atoms with Crippen molar-refractivity contribution in [3.05, 3.63) is 135 Å². The minimum Gasteiger partial charge on any atom is -0.462 e. The van der Waals surface area contributed by atoms with E-state index in [1.807, 2.05) is 12.1 Å². The second-order valence-electron chi connectivity index (χ2n) is 26.6. The van der Waals surface area contributed by atoms with Gasteiger partial charge in [0.15, 0.2) is 36.5 Å². The Labute approximate surface area is 622 Å². The molecule has 26 unspecified atom stereocenters. The van der Waals surface area contributed by atoms with E-state index < -0.39 is 239 Å². The van der Waals surface area contributed by atoms with Crippen LogP contribution in [-0.4, -0.2) is 312 Å². The number of guanidine groups is 2. The van der Waals surface area contributed by atoms with Crippen molar-refractivity contribution < 1.29 is 128 Å². The molecule has 4 aromatic rings. The number of aliphatic hydroxyl groups is 12. The molecule has 0 aromatic heterocycles. The van der Waals surface area contributed by atoms with Crippen LogP contribution in [-0.2, 0) is 63.6 Å². The summed E-state index contributed by atoms with van der Waals surface area (Å²) in [5, 5.41) is 151. The van der Waals surface area contributed by atoms with E-state index in [1.54, 1.807) is 73.7 Å². The van der Waals surface area contributed by atoms with Gasteiger partial charge in [0.05, 0.1) is 58.1 Å². The molecule has 4 aromatic carbocycles. The molecule has 7 aliphatic rings. The highest BCUT2D eigenvalue weighted by Crippen LogP contribution is 2.38. The van der Waals surface area contributed by atoms with Crippen LogP contribution >= 0.6 is 22.6 Å². The molecular weight excluding hydrogens is 1530 g/mol. The lowest BCUT2D eigenvalue weighted by Gasteiger charge is -2.48. The van der Waals surface area contributed by atoms with Gasteiger partial charge in [-0.2, -0.15) is 0 Å². The molecule has 107 heavy (non-hydrogen) atoms. The van der Waals surface area contributed by atoms with Gasteiger partial charge in [-0.15, -0.1) is 0 Å². The predicted molar refractivity (Wildman–Crippen MR) is 373 cm³/mol. The monoisotopic (exact) mass is 1610 g/mol. The minimum absolute atomic E-state index is 0.0623. The Kier molecular flexibility index (Phi) is 26.1. The predicted octanol–water partition coefficient (Wildman–Crippen LogP) is -9.01. The zero-order valence-corrected chi connectivity index (χ0v) is 59.1. The zero-order valence-electron chi connectivity index (χ0n) is 56.9. The summed E-state index contributed by atoms with van der Waals surface area (Å²) in [4.78, 5) is 110. The molecule has 0 saturated carbocycles. The lowest BCUT2D eigenvalue weighted by molar-refractivity contribution is -0.383. The molecule has 38 nitrogen and oxygen atoms in total. The van der Waals surface area contributed by atoms with Crippen molar-refractivity contribution in [3.8, 4) is 5.75 Å². The van der Waals surface area contributed by atoms with Crippen LogP contribution in [0.15, 0.2) is 113 Å². The number of benzene rings is 4. The van der Waals surface area contributed by atoms with Gasteiger partial charge in [-0.3, -0.25) is 43.5 Å². The van der Waals surface area contributed by atoms with Gasteiger partial charge in [-0.1, -0.05) is 73.7 Å². The first-order chi connectivity index (χ1) is 51.2. The van der Waals surface area contributed by atoms with Crippen LogP contribution in [0.3, 0.4) is 0 Å². The topological polar surface area (TPSA) is 591 Å². The fourth-order valence-corrected chi connectivity index (χ4v) is 13.8. The fraction of sp³-hybridized carbons (Fsp3) is 0.515. The number of ketones is 1. The Balaban J connectivity index is 0.816. The van der Waals surface area contributed by atoms with E-state index in [4.69, 9.17) is 44.6 Å². The van der Waals surface area contributed by atoms with Crippen LogP contribution in [0.4, 0.5) is 0 Å². The largest absolute Gasteiger partial charge is 0.462 e. The number of carbonyl (C=O) groups excluding carboxylic acids is 7. The summed E-state index contributed by atoms with van der Waals surface area (Å²) in [6.45, 7) is -3.34. The second-order valence-corrected chi connectivity index (χ2v) is 27.9. The Bertz CT molecular complexity index is 3860. The van der Waals surface area contributed by atoms with Gasteiger partial charge in [0.25, 0.3) is 0 Å². The van der Waals surface area contributed by atoms with Crippen LogP contribution in [0.5, 0.6) is 5.75 Å². The van der Waals surface area contributed by atoms with Gasteiger partial charge in [-0.25, -0.2) is 0 Å². The number of hydrogen-bond donors (Lipinski definition) is 21. The van der Waals surface area contributed by atoms with E-state index in [2.05, 4.69) is 69.8 Å². The highest BCUT2D eigenvalue weighted by atomic mass is 127. The van der Waals surface area contributed by atoms with E-state index in [-0.39, 0.29) is 36.2 Å². The van der Waals surface area contributed by atoms with Crippen LogP contribution in [0.25, 0.3) is 0 Å². The van der Waals surface area contributed by atoms with E-state index in [0.29, 0.717) is 22.3 Å². The molecule has 7 heterocycles. The highest BCUT2D eigenvalue weighted by molar-refractivity contribution is 14.1. The van der Waals surface area contributed by atoms with Crippen molar-refractivity contribution in [1.29, 1.82) is 0 Å². The van der Waals surface area contributed by atoms with Crippen LogP contribution in [0.2, 0.25) is 0 Å². The smallest absolute Gasteiger partial charge is 0.246 e. The third-order valence-electron chi connectivity index (χ3n) is 19.6. The third kappa shape index (κ3) is 17.9. The number of ether oxygens (including phenoxy) is 7. The molecule has 26 atom stereocenters. The molecule has 0 radical (unpaired) electrons. The molecule has 580 valence electrons. The lowest BCUT2D eigenvalue weighted by Crippen LogP contribution is -2.70. The molecule has 6 amide bonds. The molecule has 11 rings (SSSR count). The maximum atomic E-state index is 15.2. The minimum atomic E-state index is -2.35. The number of nitrogens with zero attached hydrogens (tertiary/aromatic N) is 3. The number of amides is 6. The normalized spacial score (nSPS) is 34.9. The summed E-state index contributed by atoms with van der Waals surface area (Å²) in [5.74, 6) is -9.20. The Morgan fingerprint density at radius 1 is 0.607 bits per heavy atom. The van der Waals surface area contributed by atoms with Gasteiger partial charge in [-0.05, 0) is 70.1 Å². The number of fused-ring (bicyclic) bond motifs is 1. The molecular formula is C68H85IN12O26. The maximum Gasteiger partial charge on any atom is 0.246 e. The van der Waals surface area contributed by atoms with Crippen molar-refractivity contribution in [3.63, 3.8) is 0 Å². The molecule has 0 bridgehead atoms. The van der Waals surface area contributed by atoms with E-state index in [1.165, 1.54) is 24.3 Å². The van der Waals surface area contributed by atoms with Crippen molar-refractivity contribution in [2.45, 2.75) is 172 Å². The molecule has 7 aliphatic heterocycles. The van der Waals surface area contributed by atoms with E-state index in [0.717, 1.165) is 8.47 Å². The van der Waals surface area contributed by atoms with Gasteiger partial charge < -0.3 is 148 Å². The Morgan fingerprint density at radius 3 is 1.89 bits per heavy atom. The second kappa shape index (κ2) is 35.0. The summed E-state index contributed by atoms with van der Waals surface area (Å²) >= 11 is 2.14. The van der Waals surface area contributed by atoms with E-state index >= 15 is 9.59 Å². The number of nitrogens with one attached hydrogen (secondary N) is 7. The molecule has 0 spiro atoms. The van der Waals surface area contributed by atoms with Gasteiger partial charge in [0, 0.05) is 32.6 Å². The number of aliphatic hydroxyl groups excluding tert-OH is 12. The quantitative estimate of drug-likeness (QED) is 0.0306. The standard InChI is InChI=1S/C68H85IN12O26/c1-27(29-5-3-2-4-6-29)43-60(98)75-35(19-28-7-17-34(18-8-28)102-65-54(94)51(91)56(40(25-84)104-65)107-66-55(95)52(92)57-41(105-66)26-101-64(106-57)32-11-9-30(10-12-32)46(86)31-13-15-33(69)16-14-31)59(97)79-44(47(87)36-20-73-67(70)77-36)62(100)80-45(61(99)76-37(23-82)58(96)72-22-42(85)78-43)48(88)38-21-74-68(71)81(38)63-53(93)50(90)49(89)39(24-83)103-63/h2-18,27,35-41,43-45,47-57,63-66,82-84,87-95H,19-26H2,1H3,(H2,71,74)(H,72,96)(H,75,98)(H,76,99)(H,78,85)(H,79,97)(H,80,100)(H3,70,73,77). The lowest BCUT2D eigenvalue weighted by atomic mass is 9.92. The summed E-state index contributed by atoms with van der Waals surface area (Å²) < 4.78 is 42.6. The number of rotatable bonds is 19. The summed E-state index contributed by atoms with van der Waals surface area (Å²) in [5.41, 5.74) is 14.3. The summed E-state index contributed by atoms with van der Waals surface area (Å²) in [6.07, 6.45) is -31.4. The first-order valence-electron chi connectivity index (χ1n) is 34.1. The zero-order chi connectivity index (χ0) is 76.8. The molecule has 23 N–H and O–H groups in total. The van der Waals surface area contributed by atoms with Crippen molar-refractivity contribution in [2.75, 3.05) is 46.1 Å². The molecule has 5 fully saturated rings. The first-order valence-corrected chi connectivity index (χ1v) is 35.2. The summed E-state index contributed by atoms with van der Waals surface area (Å²) in [7, 11) is 0. The average molecular weight is 1610 g/mol. The Hall–Kier alpha value is -8.28. The SMILES string of the molecule is CC(c1ccccc1)C1NC(=O)CNC(=O)C(CO)NC(=O)C(C(O)C2CN=C(N)N2C2OC(CO)C(O)C(O)C2O)NC(=O)C(C(O)C2CN=C(N)N2)NC(=O)C(Cc2ccc(OC3OC(CO)C(OC4OC5COC(c6ccc(C(=O)c7ccc(I)cc7)cc6)OC5C(O)C4O)C(O)C3O)cc2)NC1=O. The number of carbonyl (C=O) groups is 7.